The van der Waals surface area contributed by atoms with Crippen LogP contribution in [0.5, 0.6) is 11.5 Å². The van der Waals surface area contributed by atoms with E-state index in [2.05, 4.69) is 107 Å². The molecule has 200 valence electrons. The van der Waals surface area contributed by atoms with Crippen LogP contribution in [0.2, 0.25) is 0 Å². The Hall–Kier alpha value is -4.21. The van der Waals surface area contributed by atoms with Crippen molar-refractivity contribution < 1.29 is 25.8 Å². The van der Waals surface area contributed by atoms with Gasteiger partial charge >= 0.3 is 0 Å². The van der Waals surface area contributed by atoms with E-state index in [0.29, 0.717) is 17.4 Å². The number of fused-ring (bicyclic) bond motifs is 4. The number of ether oxygens (including phenoxy) is 1. The van der Waals surface area contributed by atoms with Gasteiger partial charge in [-0.25, -0.2) is 14.1 Å². The molecule has 6 heteroatoms. The molecule has 0 atom stereocenters. The van der Waals surface area contributed by atoms with Gasteiger partial charge in [0.2, 0.25) is 0 Å². The number of aryl methyl sites for hydroxylation is 1. The molecule has 3 heterocycles. The van der Waals surface area contributed by atoms with E-state index in [1.165, 1.54) is 5.56 Å². The van der Waals surface area contributed by atoms with Crippen molar-refractivity contribution in [3.05, 3.63) is 121 Å². The number of hydrogen-bond donors (Lipinski definition) is 0. The maximum absolute atomic E-state index is 6.35. The molecule has 0 radical (unpaired) electrons. The molecule has 0 aliphatic heterocycles. The zero-order chi connectivity index (χ0) is 26.5. The first kappa shape index (κ1) is 26.0. The van der Waals surface area contributed by atoms with Crippen molar-refractivity contribution in [1.82, 2.24) is 18.7 Å². The van der Waals surface area contributed by atoms with Crippen LogP contribution >= 0.6 is 0 Å². The van der Waals surface area contributed by atoms with Crippen LogP contribution in [0.1, 0.15) is 25.3 Å². The molecule has 7 rings (SSSR count). The number of hydrogen-bond acceptors (Lipinski definition) is 2. The molecule has 4 aromatic carbocycles. The first-order chi connectivity index (χ1) is 19.1. The number of benzene rings is 4. The van der Waals surface area contributed by atoms with Gasteiger partial charge in [0, 0.05) is 69.1 Å². The zero-order valence-corrected chi connectivity index (χ0v) is 24.7. The standard InChI is InChI=1S/C34H27N4O.Pt/c1-23(2)24-17-18-35-34(19-24)38-30-12-5-4-11-28(30)29-16-15-27(21-33(29)38)39-26-10-8-9-25(20-26)37-22-36(3)31-13-6-7-14-32(31)37;/h4-19,22-23H,1-3H3;/q-1;. The van der Waals surface area contributed by atoms with Crippen LogP contribution < -0.4 is 4.74 Å². The van der Waals surface area contributed by atoms with Gasteiger partial charge in [0.1, 0.15) is 5.82 Å². The molecule has 7 aromatic rings. The van der Waals surface area contributed by atoms with Crippen LogP contribution in [0.15, 0.2) is 104 Å². The van der Waals surface area contributed by atoms with E-state index in [1.54, 1.807) is 0 Å². The van der Waals surface area contributed by atoms with E-state index in [1.807, 2.05) is 43.6 Å². The third-order valence-electron chi connectivity index (χ3n) is 7.26. The summed E-state index contributed by atoms with van der Waals surface area (Å²) in [5.74, 6) is 2.54. The summed E-state index contributed by atoms with van der Waals surface area (Å²) in [4.78, 5) is 4.74. The number of para-hydroxylation sites is 3. The van der Waals surface area contributed by atoms with E-state index < -0.39 is 0 Å². The fourth-order valence-corrected chi connectivity index (χ4v) is 5.30. The molecule has 40 heavy (non-hydrogen) atoms. The molecule has 0 aliphatic carbocycles. The number of rotatable bonds is 5. The molecular weight excluding hydrogens is 675 g/mol. The molecular formula is C34H27N4OPt-. The van der Waals surface area contributed by atoms with Crippen molar-refractivity contribution in [3.8, 4) is 23.0 Å². The molecule has 0 unspecified atom stereocenters. The summed E-state index contributed by atoms with van der Waals surface area (Å²) >= 11 is 0. The second-order valence-corrected chi connectivity index (χ2v) is 10.1. The topological polar surface area (TPSA) is 36.9 Å². The average molecular weight is 703 g/mol. The Balaban J connectivity index is 0.00000289. The summed E-state index contributed by atoms with van der Waals surface area (Å²) < 4.78 is 12.8. The van der Waals surface area contributed by atoms with E-state index in [9.17, 15) is 0 Å². The van der Waals surface area contributed by atoms with E-state index in [0.717, 1.165) is 44.3 Å². The van der Waals surface area contributed by atoms with Crippen molar-refractivity contribution in [2.24, 2.45) is 7.05 Å². The van der Waals surface area contributed by atoms with Gasteiger partial charge in [0.25, 0.3) is 0 Å². The Kier molecular flexibility index (Phi) is 6.77. The Morgan fingerprint density at radius 1 is 0.775 bits per heavy atom. The Labute approximate surface area is 247 Å². The van der Waals surface area contributed by atoms with E-state index in [4.69, 9.17) is 9.72 Å². The molecule has 0 bridgehead atoms. The van der Waals surface area contributed by atoms with Gasteiger partial charge in [-0.3, -0.25) is 0 Å². The predicted octanol–water partition coefficient (Wildman–Crippen LogP) is 8.26. The smallest absolute Gasteiger partial charge is 0.188 e. The van der Waals surface area contributed by atoms with Gasteiger partial charge in [-0.1, -0.05) is 43.6 Å². The molecule has 0 fully saturated rings. The summed E-state index contributed by atoms with van der Waals surface area (Å²) in [6.07, 6.45) is 3.95. The van der Waals surface area contributed by atoms with Gasteiger partial charge in [-0.15, -0.1) is 29.7 Å². The fourth-order valence-electron chi connectivity index (χ4n) is 5.30. The van der Waals surface area contributed by atoms with Crippen LogP contribution in [0.4, 0.5) is 0 Å². The van der Waals surface area contributed by atoms with E-state index in [-0.39, 0.29) is 21.1 Å². The third kappa shape index (κ3) is 4.41. The molecule has 0 N–H and O–H groups in total. The van der Waals surface area contributed by atoms with Crippen molar-refractivity contribution in [1.29, 1.82) is 0 Å². The maximum atomic E-state index is 6.35. The van der Waals surface area contributed by atoms with Crippen molar-refractivity contribution >= 4 is 32.8 Å². The SMILES string of the molecule is CC(C)c1ccnc(-n2c3[c-]c(Oc4[c-]c(-n5[cH+]n(C)c6ccccc65)ccc4)ccc3c3ccccc32)c1.[Pt]. The number of nitrogens with zero attached hydrogens (tertiary/aromatic N) is 4. The van der Waals surface area contributed by atoms with Crippen LogP contribution in [0.3, 0.4) is 0 Å². The zero-order valence-electron chi connectivity index (χ0n) is 22.4. The largest absolute Gasteiger partial charge is 0.508 e. The minimum atomic E-state index is 0. The molecule has 0 saturated carbocycles. The first-order valence-corrected chi connectivity index (χ1v) is 13.1. The summed E-state index contributed by atoms with van der Waals surface area (Å²) in [5, 5.41) is 2.27. The number of pyridine rings is 1. The van der Waals surface area contributed by atoms with Crippen LogP contribution in [0, 0.1) is 12.1 Å². The van der Waals surface area contributed by atoms with Crippen molar-refractivity contribution in [2.45, 2.75) is 19.8 Å². The summed E-state index contributed by atoms with van der Waals surface area (Å²) in [7, 11) is 2.05. The van der Waals surface area contributed by atoms with Crippen LogP contribution in [0.25, 0.3) is 44.3 Å². The van der Waals surface area contributed by atoms with Crippen molar-refractivity contribution in [2.75, 3.05) is 0 Å². The second-order valence-electron chi connectivity index (χ2n) is 10.1. The molecule has 3 aromatic heterocycles. The molecule has 0 amide bonds. The molecule has 0 saturated heterocycles. The van der Waals surface area contributed by atoms with Gasteiger partial charge in [-0.05, 0) is 47.2 Å². The summed E-state index contributed by atoms with van der Waals surface area (Å²) in [6.45, 7) is 4.40. The molecule has 5 nitrogen and oxygen atoms in total. The van der Waals surface area contributed by atoms with Gasteiger partial charge in [0.15, 0.2) is 17.4 Å². The molecule has 0 aliphatic rings. The van der Waals surface area contributed by atoms with Crippen LogP contribution in [-0.2, 0) is 28.1 Å². The number of imidazole rings is 1. The second kappa shape index (κ2) is 10.4. The van der Waals surface area contributed by atoms with Crippen molar-refractivity contribution in [3.63, 3.8) is 0 Å². The Morgan fingerprint density at radius 2 is 1.52 bits per heavy atom. The summed E-state index contributed by atoms with van der Waals surface area (Å²) in [6, 6.07) is 38.0. The third-order valence-corrected chi connectivity index (χ3v) is 7.26. The van der Waals surface area contributed by atoms with Gasteiger partial charge in [-0.2, -0.15) is 12.1 Å². The maximum Gasteiger partial charge on any atom is 0.188 e. The monoisotopic (exact) mass is 702 g/mol. The minimum Gasteiger partial charge on any atom is -0.508 e. The quantitative estimate of drug-likeness (QED) is 0.170. The number of aromatic nitrogens is 4. The fraction of sp³-hybridized carbons (Fsp3) is 0.118. The Morgan fingerprint density at radius 3 is 2.35 bits per heavy atom. The summed E-state index contributed by atoms with van der Waals surface area (Å²) in [5.41, 5.74) is 6.45. The molecule has 0 spiro atoms. The van der Waals surface area contributed by atoms with Gasteiger partial charge < -0.3 is 9.30 Å². The normalized spacial score (nSPS) is 11.4. The average Bonchev–Trinajstić information content (AvgIpc) is 3.48. The Bertz CT molecular complexity index is 2000. The van der Waals surface area contributed by atoms with E-state index >= 15 is 0 Å². The predicted molar refractivity (Wildman–Crippen MR) is 157 cm³/mol. The van der Waals surface area contributed by atoms with Crippen LogP contribution in [-0.4, -0.2) is 18.7 Å². The first-order valence-electron chi connectivity index (χ1n) is 13.1. The minimum absolute atomic E-state index is 0. The van der Waals surface area contributed by atoms with Gasteiger partial charge in [0.05, 0.1) is 0 Å².